The maximum atomic E-state index is 11.9. The van der Waals surface area contributed by atoms with Gasteiger partial charge in [0.05, 0.1) is 5.25 Å². The van der Waals surface area contributed by atoms with Gasteiger partial charge in [0.2, 0.25) is 5.91 Å². The monoisotopic (exact) mass is 284 g/mol. The molecule has 0 spiro atoms. The summed E-state index contributed by atoms with van der Waals surface area (Å²) in [6, 6.07) is 0. The second-order valence-corrected chi connectivity index (χ2v) is 5.88. The molecule has 0 radical (unpaired) electrons. The second kappa shape index (κ2) is 6.79. The topological polar surface area (TPSA) is 79.8 Å². The first kappa shape index (κ1) is 14.2. The smallest absolute Gasteiger partial charge is 0.343 e. The van der Waals surface area contributed by atoms with Crippen LogP contribution in [0.1, 0.15) is 39.0 Å². The standard InChI is InChI=1S/C12H20N4O2S/c1-2-3-8-16-11(18)14-15-12(16)19-9-6-4-5-7-13-10(9)17/h9H,2-8H2,1H3,(H,13,17)(H,14,18)/t9-/m1/s1. The molecule has 2 heterocycles. The first-order valence-electron chi connectivity index (χ1n) is 6.82. The predicted octanol–water partition coefficient (Wildman–Crippen LogP) is 1.13. The largest absolute Gasteiger partial charge is 0.355 e. The van der Waals surface area contributed by atoms with Gasteiger partial charge in [0.1, 0.15) is 0 Å². The molecule has 0 aliphatic carbocycles. The number of hydrogen-bond acceptors (Lipinski definition) is 4. The molecule has 7 heteroatoms. The third-order valence-corrected chi connectivity index (χ3v) is 4.45. The van der Waals surface area contributed by atoms with E-state index in [4.69, 9.17) is 0 Å². The number of nitrogens with one attached hydrogen (secondary N) is 2. The molecule has 1 aromatic heterocycles. The van der Waals surface area contributed by atoms with E-state index in [9.17, 15) is 9.59 Å². The lowest BCUT2D eigenvalue weighted by atomic mass is 10.2. The fourth-order valence-electron chi connectivity index (χ4n) is 2.06. The Bertz CT molecular complexity index is 482. The Hall–Kier alpha value is -1.24. The summed E-state index contributed by atoms with van der Waals surface area (Å²) >= 11 is 1.39. The predicted molar refractivity (Wildman–Crippen MR) is 74.3 cm³/mol. The van der Waals surface area contributed by atoms with Crippen LogP contribution >= 0.6 is 11.8 Å². The van der Waals surface area contributed by atoms with E-state index < -0.39 is 0 Å². The van der Waals surface area contributed by atoms with Crippen molar-refractivity contribution in [2.24, 2.45) is 0 Å². The average Bonchev–Trinajstić information content (AvgIpc) is 2.61. The summed E-state index contributed by atoms with van der Waals surface area (Å²) in [6.07, 6.45) is 4.84. The summed E-state index contributed by atoms with van der Waals surface area (Å²) in [5.41, 5.74) is -0.190. The van der Waals surface area contributed by atoms with Crippen molar-refractivity contribution < 1.29 is 4.79 Å². The highest BCUT2D eigenvalue weighted by Gasteiger charge is 2.24. The summed E-state index contributed by atoms with van der Waals surface area (Å²) in [6.45, 7) is 3.48. The zero-order valence-electron chi connectivity index (χ0n) is 11.1. The van der Waals surface area contributed by atoms with E-state index in [-0.39, 0.29) is 16.8 Å². The minimum Gasteiger partial charge on any atom is -0.355 e. The molecule has 1 fully saturated rings. The lowest BCUT2D eigenvalue weighted by Crippen LogP contribution is -2.31. The molecule has 1 aliphatic heterocycles. The van der Waals surface area contributed by atoms with Crippen molar-refractivity contribution in [2.45, 2.75) is 56.0 Å². The summed E-state index contributed by atoms with van der Waals surface area (Å²) < 4.78 is 1.63. The molecule has 6 nitrogen and oxygen atoms in total. The van der Waals surface area contributed by atoms with E-state index in [0.29, 0.717) is 11.7 Å². The van der Waals surface area contributed by atoms with Gasteiger partial charge >= 0.3 is 5.69 Å². The Balaban J connectivity index is 2.09. The van der Waals surface area contributed by atoms with Crippen LogP contribution in [0, 0.1) is 0 Å². The zero-order valence-corrected chi connectivity index (χ0v) is 12.0. The quantitative estimate of drug-likeness (QED) is 0.849. The van der Waals surface area contributed by atoms with Crippen LogP contribution in [0.3, 0.4) is 0 Å². The van der Waals surface area contributed by atoms with Crippen LogP contribution in [0.2, 0.25) is 0 Å². The van der Waals surface area contributed by atoms with Crippen LogP contribution in [-0.4, -0.2) is 32.5 Å². The van der Waals surface area contributed by atoms with Crippen LogP contribution in [0.15, 0.2) is 9.95 Å². The van der Waals surface area contributed by atoms with Crippen molar-refractivity contribution in [2.75, 3.05) is 6.54 Å². The molecule has 106 valence electrons. The Kier molecular flexibility index (Phi) is 5.07. The number of carbonyl (C=O) groups is 1. The summed E-state index contributed by atoms with van der Waals surface area (Å²) in [5.74, 6) is 0.0555. The van der Waals surface area contributed by atoms with Crippen molar-refractivity contribution in [3.63, 3.8) is 0 Å². The fourth-order valence-corrected chi connectivity index (χ4v) is 3.19. The Labute approximate surface area is 116 Å². The molecule has 0 saturated carbocycles. The number of hydrogen-bond donors (Lipinski definition) is 2. The molecule has 1 aliphatic rings. The van der Waals surface area contributed by atoms with Crippen molar-refractivity contribution in [1.82, 2.24) is 20.1 Å². The highest BCUT2D eigenvalue weighted by atomic mass is 32.2. The highest BCUT2D eigenvalue weighted by Crippen LogP contribution is 2.25. The number of unbranched alkanes of at least 4 members (excludes halogenated alkanes) is 1. The molecule has 19 heavy (non-hydrogen) atoms. The van der Waals surface area contributed by atoms with Crippen molar-refractivity contribution >= 4 is 17.7 Å². The van der Waals surface area contributed by atoms with E-state index in [1.165, 1.54) is 11.8 Å². The van der Waals surface area contributed by atoms with Gasteiger partial charge in [-0.15, -0.1) is 5.10 Å². The maximum absolute atomic E-state index is 11.9. The van der Waals surface area contributed by atoms with E-state index in [1.807, 2.05) is 0 Å². The van der Waals surface area contributed by atoms with Gasteiger partial charge in [0.25, 0.3) is 0 Å². The first-order valence-corrected chi connectivity index (χ1v) is 7.70. The normalized spacial score (nSPS) is 20.1. The van der Waals surface area contributed by atoms with Crippen molar-refractivity contribution in [3.05, 3.63) is 10.5 Å². The SMILES string of the molecule is CCCCn1c(S[C@@H]2CCCCNC2=O)n[nH]c1=O. The Morgan fingerprint density at radius 2 is 2.26 bits per heavy atom. The molecular formula is C12H20N4O2S. The fraction of sp³-hybridized carbons (Fsp3) is 0.750. The van der Waals surface area contributed by atoms with Crippen molar-refractivity contribution in [3.8, 4) is 0 Å². The zero-order chi connectivity index (χ0) is 13.7. The van der Waals surface area contributed by atoms with E-state index >= 15 is 0 Å². The maximum Gasteiger partial charge on any atom is 0.343 e. The lowest BCUT2D eigenvalue weighted by molar-refractivity contribution is -0.120. The molecule has 2 N–H and O–H groups in total. The highest BCUT2D eigenvalue weighted by molar-refractivity contribution is 8.00. The van der Waals surface area contributed by atoms with Crippen LogP contribution in [0.25, 0.3) is 0 Å². The van der Waals surface area contributed by atoms with Gasteiger partial charge in [-0.05, 0) is 19.3 Å². The first-order chi connectivity index (χ1) is 9.22. The molecular weight excluding hydrogens is 264 g/mol. The van der Waals surface area contributed by atoms with Crippen LogP contribution in [0.5, 0.6) is 0 Å². The van der Waals surface area contributed by atoms with E-state index in [2.05, 4.69) is 22.4 Å². The molecule has 0 aromatic carbocycles. The average molecular weight is 284 g/mol. The molecule has 1 saturated heterocycles. The number of nitrogens with zero attached hydrogens (tertiary/aromatic N) is 2. The lowest BCUT2D eigenvalue weighted by Gasteiger charge is -2.12. The van der Waals surface area contributed by atoms with Gasteiger partial charge in [0.15, 0.2) is 5.16 Å². The van der Waals surface area contributed by atoms with Gasteiger partial charge in [-0.25, -0.2) is 9.89 Å². The minimum absolute atomic E-state index is 0.0555. The number of thioether (sulfide) groups is 1. The van der Waals surface area contributed by atoms with E-state index in [1.54, 1.807) is 4.57 Å². The number of H-pyrrole nitrogens is 1. The number of aromatic nitrogens is 3. The van der Waals surface area contributed by atoms with Crippen LogP contribution in [0.4, 0.5) is 0 Å². The molecule has 0 bridgehead atoms. The van der Waals surface area contributed by atoms with Gasteiger partial charge in [-0.2, -0.15) is 0 Å². The number of aromatic amines is 1. The minimum atomic E-state index is -0.190. The van der Waals surface area contributed by atoms with Gasteiger partial charge < -0.3 is 5.32 Å². The third kappa shape index (κ3) is 3.62. The summed E-state index contributed by atoms with van der Waals surface area (Å²) in [7, 11) is 0. The summed E-state index contributed by atoms with van der Waals surface area (Å²) in [4.78, 5) is 23.6. The van der Waals surface area contributed by atoms with Crippen LogP contribution in [-0.2, 0) is 11.3 Å². The second-order valence-electron chi connectivity index (χ2n) is 4.71. The molecule has 1 atom stereocenters. The molecule has 0 unspecified atom stereocenters. The third-order valence-electron chi connectivity index (χ3n) is 3.19. The summed E-state index contributed by atoms with van der Waals surface area (Å²) in [5, 5.41) is 9.89. The molecule has 1 aromatic rings. The van der Waals surface area contributed by atoms with Crippen molar-refractivity contribution in [1.29, 1.82) is 0 Å². The van der Waals surface area contributed by atoms with Gasteiger partial charge in [-0.3, -0.25) is 9.36 Å². The molecule has 1 amide bonds. The number of rotatable bonds is 5. The van der Waals surface area contributed by atoms with Gasteiger partial charge in [-0.1, -0.05) is 31.5 Å². The Morgan fingerprint density at radius 3 is 3.05 bits per heavy atom. The Morgan fingerprint density at radius 1 is 1.42 bits per heavy atom. The van der Waals surface area contributed by atoms with Crippen LogP contribution < -0.4 is 11.0 Å². The van der Waals surface area contributed by atoms with E-state index in [0.717, 1.165) is 38.6 Å². The number of amides is 1. The number of carbonyl (C=O) groups excluding carboxylic acids is 1. The van der Waals surface area contributed by atoms with Gasteiger partial charge in [0, 0.05) is 13.1 Å². The molecule has 2 rings (SSSR count).